The van der Waals surface area contributed by atoms with Gasteiger partial charge in [0.2, 0.25) is 5.91 Å². The molecule has 0 spiro atoms. The molecule has 1 N–H and O–H groups in total. The number of hydrogen-bond donors (Lipinski definition) is 1. The maximum Gasteiger partial charge on any atom is 0.233 e. The highest BCUT2D eigenvalue weighted by atomic mass is 16.5. The molecule has 0 saturated carbocycles. The molecule has 1 aromatic rings. The van der Waals surface area contributed by atoms with Crippen molar-refractivity contribution in [2.24, 2.45) is 11.8 Å². The van der Waals surface area contributed by atoms with Crippen LogP contribution < -0.4 is 4.90 Å². The Balaban J connectivity index is 2.53. The van der Waals surface area contributed by atoms with Crippen LogP contribution in [0.1, 0.15) is 45.9 Å². The molecule has 2 rings (SSSR count). The van der Waals surface area contributed by atoms with Crippen LogP contribution in [0.2, 0.25) is 0 Å². The summed E-state index contributed by atoms with van der Waals surface area (Å²) in [5.74, 6) is -0.237. The van der Waals surface area contributed by atoms with Crippen molar-refractivity contribution in [3.05, 3.63) is 11.3 Å². The van der Waals surface area contributed by atoms with Gasteiger partial charge in [0.25, 0.3) is 0 Å². The number of aliphatic hydroxyl groups excluding tert-OH is 1. The van der Waals surface area contributed by atoms with E-state index in [9.17, 15) is 15.2 Å². The summed E-state index contributed by atoms with van der Waals surface area (Å²) in [5, 5.41) is 23.4. The average Bonchev–Trinajstić information content (AvgIpc) is 2.86. The summed E-state index contributed by atoms with van der Waals surface area (Å²) < 4.78 is 5.25. The summed E-state index contributed by atoms with van der Waals surface area (Å²) in [6, 6.07) is 2.04. The molecule has 3 atom stereocenters. The first-order valence-electron chi connectivity index (χ1n) is 6.61. The molecule has 6 heteroatoms. The second kappa shape index (κ2) is 4.60. The normalized spacial score (nSPS) is 26.9. The molecular formula is C14H19N3O3. The zero-order valence-corrected chi connectivity index (χ0v) is 12.3. The lowest BCUT2D eigenvalue weighted by molar-refractivity contribution is -0.120. The lowest BCUT2D eigenvalue weighted by Crippen LogP contribution is -2.35. The van der Waals surface area contributed by atoms with Crippen LogP contribution in [0.25, 0.3) is 0 Å². The molecule has 1 aromatic heterocycles. The Labute approximate surface area is 118 Å². The maximum absolute atomic E-state index is 12.2. The van der Waals surface area contributed by atoms with Crippen LogP contribution in [0, 0.1) is 23.2 Å². The van der Waals surface area contributed by atoms with E-state index in [4.69, 9.17) is 4.52 Å². The predicted molar refractivity (Wildman–Crippen MR) is 71.7 cm³/mol. The molecule has 0 aliphatic carbocycles. The minimum atomic E-state index is -0.984. The van der Waals surface area contributed by atoms with Crippen LogP contribution in [-0.2, 0) is 10.2 Å². The van der Waals surface area contributed by atoms with Crippen molar-refractivity contribution in [1.29, 1.82) is 5.26 Å². The third-order valence-corrected chi connectivity index (χ3v) is 3.85. The number of amides is 1. The fourth-order valence-corrected chi connectivity index (χ4v) is 2.36. The zero-order chi connectivity index (χ0) is 15.2. The number of anilines is 1. The molecule has 20 heavy (non-hydrogen) atoms. The zero-order valence-electron chi connectivity index (χ0n) is 12.3. The highest BCUT2D eigenvalue weighted by Gasteiger charge is 2.46. The number of carbonyl (C=O) groups is 1. The van der Waals surface area contributed by atoms with Gasteiger partial charge in [0, 0.05) is 17.3 Å². The van der Waals surface area contributed by atoms with Gasteiger partial charge in [0.15, 0.2) is 11.6 Å². The molecule has 0 aromatic carbocycles. The van der Waals surface area contributed by atoms with E-state index in [1.165, 1.54) is 4.90 Å². The minimum absolute atomic E-state index is 0.117. The number of carbonyl (C=O) groups excluding carboxylic acids is 1. The van der Waals surface area contributed by atoms with Gasteiger partial charge in [-0.3, -0.25) is 9.69 Å². The summed E-state index contributed by atoms with van der Waals surface area (Å²) in [6.45, 7) is 9.24. The Hall–Kier alpha value is -1.87. The molecule has 0 radical (unpaired) electrons. The Morgan fingerprint density at radius 1 is 1.40 bits per heavy atom. The number of hydrogen-bond acceptors (Lipinski definition) is 5. The van der Waals surface area contributed by atoms with E-state index in [-0.39, 0.29) is 29.1 Å². The number of nitrogens with zero attached hydrogens (tertiary/aromatic N) is 3. The van der Waals surface area contributed by atoms with E-state index < -0.39 is 11.6 Å². The quantitative estimate of drug-likeness (QED) is 0.845. The minimum Gasteiger partial charge on any atom is -0.373 e. The molecule has 6 nitrogen and oxygen atoms in total. The van der Waals surface area contributed by atoms with Gasteiger partial charge in [-0.05, 0) is 0 Å². The summed E-state index contributed by atoms with van der Waals surface area (Å²) in [5.41, 5.74) is -0.187. The van der Waals surface area contributed by atoms with Crippen molar-refractivity contribution in [2.45, 2.75) is 46.3 Å². The van der Waals surface area contributed by atoms with Crippen LogP contribution in [0.15, 0.2) is 4.52 Å². The number of nitriles is 1. The first-order valence-corrected chi connectivity index (χ1v) is 6.61. The highest BCUT2D eigenvalue weighted by molar-refractivity contribution is 5.98. The SMILES string of the molecule is C[C@@H]1C(O)N(c2noc(C(C)(C)C)c2C#N)C(=O)[C@@H]1C. The molecule has 1 unspecified atom stereocenters. The van der Waals surface area contributed by atoms with Crippen molar-refractivity contribution in [3.8, 4) is 6.07 Å². The Bertz CT molecular complexity index is 579. The lowest BCUT2D eigenvalue weighted by Gasteiger charge is -2.19. The molecule has 1 fully saturated rings. The van der Waals surface area contributed by atoms with Gasteiger partial charge in [-0.25, -0.2) is 0 Å². The topological polar surface area (TPSA) is 90.4 Å². The molecular weight excluding hydrogens is 258 g/mol. The smallest absolute Gasteiger partial charge is 0.233 e. The molecule has 1 aliphatic heterocycles. The maximum atomic E-state index is 12.2. The monoisotopic (exact) mass is 277 g/mol. The van der Waals surface area contributed by atoms with Crippen molar-refractivity contribution < 1.29 is 14.4 Å². The fraction of sp³-hybridized carbons (Fsp3) is 0.643. The summed E-state index contributed by atoms with van der Waals surface area (Å²) in [4.78, 5) is 13.4. The van der Waals surface area contributed by atoms with E-state index >= 15 is 0 Å². The molecule has 1 saturated heterocycles. The largest absolute Gasteiger partial charge is 0.373 e. The van der Waals surface area contributed by atoms with Crippen molar-refractivity contribution >= 4 is 11.7 Å². The molecule has 1 amide bonds. The van der Waals surface area contributed by atoms with E-state index in [0.717, 1.165) is 0 Å². The molecule has 0 bridgehead atoms. The van der Waals surface area contributed by atoms with Gasteiger partial charge < -0.3 is 9.63 Å². The average molecular weight is 277 g/mol. The second-order valence-electron chi connectivity index (χ2n) is 6.34. The van der Waals surface area contributed by atoms with Crippen molar-refractivity contribution in [1.82, 2.24) is 5.16 Å². The Morgan fingerprint density at radius 2 is 2.00 bits per heavy atom. The number of aliphatic hydroxyl groups is 1. The predicted octanol–water partition coefficient (Wildman–Crippen LogP) is 1.78. The van der Waals surface area contributed by atoms with Crippen LogP contribution in [0.4, 0.5) is 5.82 Å². The van der Waals surface area contributed by atoms with Crippen molar-refractivity contribution in [3.63, 3.8) is 0 Å². The van der Waals surface area contributed by atoms with E-state index in [0.29, 0.717) is 5.76 Å². The highest BCUT2D eigenvalue weighted by Crippen LogP contribution is 2.37. The Kier molecular flexibility index (Phi) is 3.34. The van der Waals surface area contributed by atoms with Gasteiger partial charge in [0.05, 0.1) is 0 Å². The van der Waals surface area contributed by atoms with Gasteiger partial charge in [-0.15, -0.1) is 0 Å². The summed E-state index contributed by atoms with van der Waals surface area (Å²) in [7, 11) is 0. The standard InChI is InChI=1S/C14H19N3O3/c1-7-8(2)13(19)17(12(7)18)11-9(6-15)10(20-16-11)14(3,4)5/h7-8,12,18H,1-5H3/t7-,8+,12?/m0/s1. The Morgan fingerprint density at radius 3 is 2.40 bits per heavy atom. The summed E-state index contributed by atoms with van der Waals surface area (Å²) in [6.07, 6.45) is -0.984. The van der Waals surface area contributed by atoms with E-state index in [2.05, 4.69) is 5.16 Å². The third-order valence-electron chi connectivity index (χ3n) is 3.85. The molecule has 1 aliphatic rings. The molecule has 108 valence electrons. The van der Waals surface area contributed by atoms with Crippen LogP contribution in [0.3, 0.4) is 0 Å². The van der Waals surface area contributed by atoms with Gasteiger partial charge in [0.1, 0.15) is 17.9 Å². The van der Waals surface area contributed by atoms with Crippen LogP contribution >= 0.6 is 0 Å². The van der Waals surface area contributed by atoms with Crippen LogP contribution in [0.5, 0.6) is 0 Å². The van der Waals surface area contributed by atoms with Gasteiger partial charge in [-0.2, -0.15) is 5.26 Å². The van der Waals surface area contributed by atoms with Gasteiger partial charge in [-0.1, -0.05) is 39.8 Å². The van der Waals surface area contributed by atoms with Crippen molar-refractivity contribution in [2.75, 3.05) is 4.90 Å². The molecule has 2 heterocycles. The van der Waals surface area contributed by atoms with E-state index in [1.54, 1.807) is 13.8 Å². The van der Waals surface area contributed by atoms with Crippen LogP contribution in [-0.4, -0.2) is 22.4 Å². The van der Waals surface area contributed by atoms with E-state index in [1.807, 2.05) is 26.8 Å². The number of aromatic nitrogens is 1. The summed E-state index contributed by atoms with van der Waals surface area (Å²) >= 11 is 0. The first-order chi connectivity index (χ1) is 9.20. The fourth-order valence-electron chi connectivity index (χ4n) is 2.36. The number of rotatable bonds is 1. The third kappa shape index (κ3) is 1.98. The van der Waals surface area contributed by atoms with Gasteiger partial charge >= 0.3 is 0 Å². The lowest BCUT2D eigenvalue weighted by atomic mass is 9.90. The second-order valence-corrected chi connectivity index (χ2v) is 6.34. The first kappa shape index (κ1) is 14.5.